The van der Waals surface area contributed by atoms with Gasteiger partial charge in [0.2, 0.25) is 0 Å². The predicted molar refractivity (Wildman–Crippen MR) is 77.1 cm³/mol. The van der Waals surface area contributed by atoms with Gasteiger partial charge >= 0.3 is 5.97 Å². The van der Waals surface area contributed by atoms with Crippen LogP contribution in [0.4, 0.5) is 5.69 Å². The minimum Gasteiger partial charge on any atom is -0.478 e. The van der Waals surface area contributed by atoms with Crippen LogP contribution < -0.4 is 4.90 Å². The monoisotopic (exact) mass is 262 g/mol. The molecule has 0 aromatic heterocycles. The molecule has 104 valence electrons. The summed E-state index contributed by atoms with van der Waals surface area (Å²) in [4.78, 5) is 15.7. The number of likely N-dealkylation sites (N-methyl/N-ethyl adjacent to an activating group) is 2. The highest BCUT2D eigenvalue weighted by Crippen LogP contribution is 2.24. The van der Waals surface area contributed by atoms with Gasteiger partial charge in [0.1, 0.15) is 0 Å². The van der Waals surface area contributed by atoms with Crippen LogP contribution in [0.5, 0.6) is 0 Å². The van der Waals surface area contributed by atoms with Gasteiger partial charge < -0.3 is 14.9 Å². The first-order valence-electron chi connectivity index (χ1n) is 6.74. The van der Waals surface area contributed by atoms with Crippen LogP contribution in [0, 0.1) is 6.92 Å². The molecule has 0 bridgehead atoms. The quantitative estimate of drug-likeness (QED) is 0.903. The molecular weight excluding hydrogens is 240 g/mol. The lowest BCUT2D eigenvalue weighted by Crippen LogP contribution is -2.37. The van der Waals surface area contributed by atoms with E-state index >= 15 is 0 Å². The average Bonchev–Trinajstić information content (AvgIpc) is 2.74. The smallest absolute Gasteiger partial charge is 0.337 e. The van der Waals surface area contributed by atoms with Crippen molar-refractivity contribution in [2.75, 3.05) is 32.1 Å². The third-order valence-electron chi connectivity index (χ3n) is 3.95. The standard InChI is InChI=1S/C15H22N2O2/c1-11-6-7-13(15(18)19)14(9-11)17(3)10-12-5-4-8-16(12)2/h6-7,9,12H,4-5,8,10H2,1-3H3,(H,18,19). The number of aromatic carboxylic acids is 1. The molecule has 2 rings (SSSR count). The van der Waals surface area contributed by atoms with Gasteiger partial charge in [-0.05, 0) is 51.1 Å². The van der Waals surface area contributed by atoms with Gasteiger partial charge in [-0.1, -0.05) is 6.07 Å². The molecule has 1 heterocycles. The number of carbonyl (C=O) groups is 1. The number of carboxylic acids is 1. The Morgan fingerprint density at radius 1 is 1.53 bits per heavy atom. The Morgan fingerprint density at radius 3 is 2.84 bits per heavy atom. The van der Waals surface area contributed by atoms with E-state index in [1.54, 1.807) is 6.07 Å². The van der Waals surface area contributed by atoms with Gasteiger partial charge in [-0.25, -0.2) is 4.79 Å². The van der Waals surface area contributed by atoms with Crippen LogP contribution in [0.2, 0.25) is 0 Å². The Kier molecular flexibility index (Phi) is 4.10. The van der Waals surface area contributed by atoms with Crippen molar-refractivity contribution in [2.45, 2.75) is 25.8 Å². The van der Waals surface area contributed by atoms with E-state index in [0.29, 0.717) is 11.6 Å². The molecule has 1 aliphatic rings. The molecule has 1 aromatic carbocycles. The second kappa shape index (κ2) is 5.61. The number of hydrogen-bond acceptors (Lipinski definition) is 3. The number of benzene rings is 1. The molecular formula is C15H22N2O2. The fourth-order valence-corrected chi connectivity index (χ4v) is 2.76. The molecule has 4 heteroatoms. The van der Waals surface area contributed by atoms with Crippen molar-refractivity contribution >= 4 is 11.7 Å². The second-order valence-corrected chi connectivity index (χ2v) is 5.48. The maximum Gasteiger partial charge on any atom is 0.337 e. The van der Waals surface area contributed by atoms with E-state index in [1.165, 1.54) is 12.8 Å². The fraction of sp³-hybridized carbons (Fsp3) is 0.533. The average molecular weight is 262 g/mol. The van der Waals surface area contributed by atoms with Crippen molar-refractivity contribution in [3.05, 3.63) is 29.3 Å². The molecule has 1 fully saturated rings. The van der Waals surface area contributed by atoms with Crippen molar-refractivity contribution in [1.82, 2.24) is 4.90 Å². The zero-order valence-electron chi connectivity index (χ0n) is 11.9. The lowest BCUT2D eigenvalue weighted by atomic mass is 10.1. The Balaban J connectivity index is 2.20. The predicted octanol–water partition coefficient (Wildman–Crippen LogP) is 2.22. The number of likely N-dealkylation sites (tertiary alicyclic amines) is 1. The van der Waals surface area contributed by atoms with E-state index in [-0.39, 0.29) is 0 Å². The van der Waals surface area contributed by atoms with Gasteiger partial charge in [0, 0.05) is 19.6 Å². The van der Waals surface area contributed by atoms with Crippen molar-refractivity contribution in [2.24, 2.45) is 0 Å². The van der Waals surface area contributed by atoms with Crippen molar-refractivity contribution in [1.29, 1.82) is 0 Å². The maximum atomic E-state index is 11.3. The summed E-state index contributed by atoms with van der Waals surface area (Å²) < 4.78 is 0. The van der Waals surface area contributed by atoms with Gasteiger partial charge in [-0.2, -0.15) is 0 Å². The minimum absolute atomic E-state index is 0.383. The first kappa shape index (κ1) is 13.9. The number of nitrogens with zero attached hydrogens (tertiary/aromatic N) is 2. The largest absolute Gasteiger partial charge is 0.478 e. The Bertz CT molecular complexity index is 473. The van der Waals surface area contributed by atoms with Crippen molar-refractivity contribution in [3.8, 4) is 0 Å². The van der Waals surface area contributed by atoms with Crippen LogP contribution in [-0.4, -0.2) is 49.2 Å². The van der Waals surface area contributed by atoms with E-state index in [0.717, 1.165) is 24.3 Å². The highest BCUT2D eigenvalue weighted by Gasteiger charge is 2.23. The lowest BCUT2D eigenvalue weighted by molar-refractivity contribution is 0.0697. The molecule has 1 aromatic rings. The summed E-state index contributed by atoms with van der Waals surface area (Å²) >= 11 is 0. The Hall–Kier alpha value is -1.55. The Morgan fingerprint density at radius 2 is 2.26 bits per heavy atom. The Labute approximate surface area is 114 Å². The first-order valence-corrected chi connectivity index (χ1v) is 6.74. The molecule has 1 unspecified atom stereocenters. The second-order valence-electron chi connectivity index (χ2n) is 5.48. The molecule has 0 saturated carbocycles. The van der Waals surface area contributed by atoms with E-state index < -0.39 is 5.97 Å². The molecule has 0 aliphatic carbocycles. The van der Waals surface area contributed by atoms with Crippen LogP contribution in [0.15, 0.2) is 18.2 Å². The SMILES string of the molecule is Cc1ccc(C(=O)O)c(N(C)CC2CCCN2C)c1. The highest BCUT2D eigenvalue weighted by molar-refractivity contribution is 5.94. The third kappa shape index (κ3) is 3.07. The molecule has 19 heavy (non-hydrogen) atoms. The molecule has 0 amide bonds. The zero-order valence-corrected chi connectivity index (χ0v) is 11.9. The van der Waals surface area contributed by atoms with Crippen LogP contribution in [0.25, 0.3) is 0 Å². The lowest BCUT2D eigenvalue weighted by Gasteiger charge is -2.28. The van der Waals surface area contributed by atoms with Gasteiger partial charge in [0.25, 0.3) is 0 Å². The van der Waals surface area contributed by atoms with Crippen LogP contribution >= 0.6 is 0 Å². The molecule has 4 nitrogen and oxygen atoms in total. The number of anilines is 1. The number of hydrogen-bond donors (Lipinski definition) is 1. The molecule has 1 N–H and O–H groups in total. The molecule has 1 saturated heterocycles. The van der Waals surface area contributed by atoms with E-state index in [2.05, 4.69) is 16.8 Å². The van der Waals surface area contributed by atoms with E-state index in [4.69, 9.17) is 0 Å². The molecule has 0 radical (unpaired) electrons. The number of rotatable bonds is 4. The number of aryl methyl sites for hydroxylation is 1. The maximum absolute atomic E-state index is 11.3. The highest BCUT2D eigenvalue weighted by atomic mass is 16.4. The normalized spacial score (nSPS) is 19.6. The summed E-state index contributed by atoms with van der Waals surface area (Å²) in [6.07, 6.45) is 2.42. The summed E-state index contributed by atoms with van der Waals surface area (Å²) in [5.41, 5.74) is 2.29. The zero-order chi connectivity index (χ0) is 14.0. The topological polar surface area (TPSA) is 43.8 Å². The van der Waals surface area contributed by atoms with E-state index in [9.17, 15) is 9.90 Å². The van der Waals surface area contributed by atoms with Crippen molar-refractivity contribution in [3.63, 3.8) is 0 Å². The third-order valence-corrected chi connectivity index (χ3v) is 3.95. The van der Waals surface area contributed by atoms with Crippen LogP contribution in [0.3, 0.4) is 0 Å². The van der Waals surface area contributed by atoms with Crippen molar-refractivity contribution < 1.29 is 9.90 Å². The van der Waals surface area contributed by atoms with Gasteiger partial charge in [-0.3, -0.25) is 0 Å². The van der Waals surface area contributed by atoms with Crippen LogP contribution in [0.1, 0.15) is 28.8 Å². The minimum atomic E-state index is -0.860. The molecule has 0 spiro atoms. The van der Waals surface area contributed by atoms with Gasteiger partial charge in [0.05, 0.1) is 11.3 Å². The van der Waals surface area contributed by atoms with E-state index in [1.807, 2.05) is 26.1 Å². The summed E-state index contributed by atoms with van der Waals surface area (Å²) in [7, 11) is 4.12. The summed E-state index contributed by atoms with van der Waals surface area (Å²) in [5, 5.41) is 9.28. The summed E-state index contributed by atoms with van der Waals surface area (Å²) in [5.74, 6) is -0.860. The first-order chi connectivity index (χ1) is 8.99. The molecule has 1 aliphatic heterocycles. The summed E-state index contributed by atoms with van der Waals surface area (Å²) in [6, 6.07) is 6.02. The molecule has 1 atom stereocenters. The van der Waals surface area contributed by atoms with Gasteiger partial charge in [-0.15, -0.1) is 0 Å². The fourth-order valence-electron chi connectivity index (χ4n) is 2.76. The van der Waals surface area contributed by atoms with Gasteiger partial charge in [0.15, 0.2) is 0 Å². The summed E-state index contributed by atoms with van der Waals surface area (Å²) in [6.45, 7) is 4.00. The van der Waals surface area contributed by atoms with Crippen LogP contribution in [-0.2, 0) is 0 Å². The number of carboxylic acid groups (broad SMARTS) is 1.